The normalized spacial score (nSPS) is 20.4. The molecule has 5 aliphatic carbocycles. The zero-order valence-corrected chi connectivity index (χ0v) is 32.9. The molecule has 58 heavy (non-hydrogen) atoms. The molecule has 0 radical (unpaired) electrons. The second-order valence-electron chi connectivity index (χ2n) is 20.0. The number of hydrogen-bond acceptors (Lipinski definition) is 4. The zero-order valence-electron chi connectivity index (χ0n) is 32.9. The second kappa shape index (κ2) is 8.25. The maximum Gasteiger partial charge on any atom is 0.514 e. The van der Waals surface area contributed by atoms with Crippen LogP contribution in [0.5, 0.6) is 5.75 Å². The van der Waals surface area contributed by atoms with Gasteiger partial charge in [0.05, 0.1) is 0 Å². The highest BCUT2D eigenvalue weighted by molar-refractivity contribution is 6.62. The van der Waals surface area contributed by atoms with Gasteiger partial charge in [0.2, 0.25) is 0 Å². The number of anilines is 1. The fourth-order valence-corrected chi connectivity index (χ4v) is 15.2. The second-order valence-corrected chi connectivity index (χ2v) is 20.0. The Morgan fingerprint density at radius 1 is 0.655 bits per heavy atom. The van der Waals surface area contributed by atoms with Crippen LogP contribution in [0.3, 0.4) is 0 Å². The lowest BCUT2D eigenvalue weighted by molar-refractivity contribution is 0.0206. The van der Waals surface area contributed by atoms with Crippen molar-refractivity contribution in [1.82, 2.24) is 0 Å². The van der Waals surface area contributed by atoms with E-state index in [0.717, 1.165) is 31.5 Å². The Balaban J connectivity index is 1.00. The molecule has 4 nitrogen and oxygen atoms in total. The van der Waals surface area contributed by atoms with Gasteiger partial charge in [0.15, 0.2) is 0 Å². The van der Waals surface area contributed by atoms with E-state index < -0.39 is 11.8 Å². The molecule has 0 fully saturated rings. The molecule has 0 bridgehead atoms. The molecule has 0 spiro atoms. The lowest BCUT2D eigenvalue weighted by atomic mass is 9.59. The summed E-state index contributed by atoms with van der Waals surface area (Å²) in [6.45, 7) is 11.2. The number of carbonyl (C=O) groups excluding carboxylic acids is 1. The standard InChI is InChI=1S/C54H35NO3/c1-6-55(29-7-9-30(10-8-29)57-52(56)58-53(3,4)5)20(2)54-18-27-16-25-14-23-13-24-12-21-11-22-15-26-17-28(19-54)38-43-36(26)41-32(22)31(21)39-35(24)40-33(23)34(25)42-37(27)50(51(38)54)49-47(42)45(40)44(39)46(41)48(43)49/h7-11,13,15-17,19-20,51H,6,12,14,18H2,1-5H3. The zero-order chi connectivity index (χ0) is 37.9. The van der Waals surface area contributed by atoms with Crippen molar-refractivity contribution in [3.8, 4) is 5.75 Å². The summed E-state index contributed by atoms with van der Waals surface area (Å²) in [6.07, 6.45) is 5.18. The molecule has 0 aliphatic heterocycles. The van der Waals surface area contributed by atoms with Crippen LogP contribution in [-0.4, -0.2) is 24.3 Å². The van der Waals surface area contributed by atoms with Gasteiger partial charge in [-0.2, -0.15) is 0 Å². The maximum absolute atomic E-state index is 12.6. The molecule has 4 heteroatoms. The molecule has 0 heterocycles. The molecule has 0 aromatic heterocycles. The van der Waals surface area contributed by atoms with Crippen LogP contribution in [0.25, 0.3) is 114 Å². The summed E-state index contributed by atoms with van der Waals surface area (Å²) in [7, 11) is 0. The third-order valence-corrected chi connectivity index (χ3v) is 16.6. The fourth-order valence-electron chi connectivity index (χ4n) is 15.2. The van der Waals surface area contributed by atoms with Crippen LogP contribution < -0.4 is 14.9 Å². The van der Waals surface area contributed by atoms with E-state index in [9.17, 15) is 4.79 Å². The lowest BCUT2D eigenvalue weighted by Gasteiger charge is -2.49. The van der Waals surface area contributed by atoms with Crippen LogP contribution in [0.15, 0.2) is 54.6 Å². The lowest BCUT2D eigenvalue weighted by Crippen LogP contribution is -2.50. The largest absolute Gasteiger partial charge is 0.514 e. The summed E-state index contributed by atoms with van der Waals surface area (Å²) in [4.78, 5) is 15.2. The number of benzene rings is 8. The van der Waals surface area contributed by atoms with Crippen LogP contribution in [0, 0.1) is 5.41 Å². The third-order valence-electron chi connectivity index (χ3n) is 16.6. The number of hydrogen-bond donors (Lipinski definition) is 0. The first-order valence-corrected chi connectivity index (χ1v) is 21.4. The van der Waals surface area contributed by atoms with Crippen molar-refractivity contribution in [3.63, 3.8) is 0 Å². The van der Waals surface area contributed by atoms with Crippen molar-refractivity contribution in [2.24, 2.45) is 5.41 Å². The monoisotopic (exact) mass is 745 g/mol. The van der Waals surface area contributed by atoms with Crippen molar-refractivity contribution >= 4 is 126 Å². The van der Waals surface area contributed by atoms with Crippen LogP contribution in [0.2, 0.25) is 0 Å². The first kappa shape index (κ1) is 29.1. The Hall–Kier alpha value is -6.13. The number of ether oxygens (including phenoxy) is 2. The smallest absolute Gasteiger partial charge is 0.428 e. The van der Waals surface area contributed by atoms with Gasteiger partial charge in [-0.3, -0.25) is 0 Å². The van der Waals surface area contributed by atoms with Crippen molar-refractivity contribution in [1.29, 1.82) is 0 Å². The molecule has 12 aromatic rings. The Bertz CT molecular complexity index is 4050. The molecule has 5 aliphatic rings. The average Bonchev–Trinajstić information content (AvgIpc) is 4.02. The predicted molar refractivity (Wildman–Crippen MR) is 238 cm³/mol. The molecular formula is C54H35NO3. The van der Waals surface area contributed by atoms with E-state index in [1.807, 2.05) is 32.9 Å². The van der Waals surface area contributed by atoms with Gasteiger partial charge in [-0.1, -0.05) is 24.3 Å². The minimum absolute atomic E-state index is 0.164. The van der Waals surface area contributed by atoms with Gasteiger partial charge in [-0.25, -0.2) is 4.79 Å². The minimum Gasteiger partial charge on any atom is -0.428 e. The Morgan fingerprint density at radius 3 is 1.90 bits per heavy atom. The van der Waals surface area contributed by atoms with Crippen molar-refractivity contribution in [2.75, 3.05) is 11.4 Å². The Kier molecular flexibility index (Phi) is 4.14. The summed E-state index contributed by atoms with van der Waals surface area (Å²) >= 11 is 0. The van der Waals surface area contributed by atoms with Gasteiger partial charge in [0.1, 0.15) is 11.4 Å². The van der Waals surface area contributed by atoms with Gasteiger partial charge >= 0.3 is 6.16 Å². The topological polar surface area (TPSA) is 38.8 Å². The highest BCUT2D eigenvalue weighted by atomic mass is 16.7. The van der Waals surface area contributed by atoms with Gasteiger partial charge in [0, 0.05) is 29.6 Å². The fraction of sp³-hybridized carbons (Fsp3) is 0.241. The summed E-state index contributed by atoms with van der Waals surface area (Å²) in [5, 5.41) is 32.7. The number of nitrogens with zero attached hydrogens (tertiary/aromatic N) is 1. The molecule has 3 atom stereocenters. The third kappa shape index (κ3) is 2.63. The quantitative estimate of drug-likeness (QED) is 0.0999. The molecule has 12 aromatic carbocycles. The SMILES string of the molecule is CCN(c1ccc(OC(=O)OC(C)(C)C)cc1)C(C)C12C=c3cc4cc5cc6c7c5c5c4c4c3C1c1c3c(cc8c9c%10c(cc(c%11c%10c%10c(c1c4c5c%10c7%11)c39)C6)C8)C2. The van der Waals surface area contributed by atoms with Crippen molar-refractivity contribution in [2.45, 2.75) is 71.4 Å². The van der Waals surface area contributed by atoms with E-state index in [-0.39, 0.29) is 17.4 Å². The molecule has 0 saturated heterocycles. The molecule has 0 saturated carbocycles. The van der Waals surface area contributed by atoms with Crippen molar-refractivity contribution < 1.29 is 14.3 Å². The van der Waals surface area contributed by atoms with E-state index in [1.165, 1.54) is 32.3 Å². The van der Waals surface area contributed by atoms with Crippen LogP contribution in [0.1, 0.15) is 79.5 Å². The van der Waals surface area contributed by atoms with E-state index in [2.05, 4.69) is 67.3 Å². The number of rotatable bonds is 5. The molecular weight excluding hydrogens is 711 g/mol. The summed E-state index contributed by atoms with van der Waals surface area (Å²) < 4.78 is 11.1. The average molecular weight is 746 g/mol. The molecule has 0 N–H and O–H groups in total. The first-order chi connectivity index (χ1) is 28.1. The summed E-state index contributed by atoms with van der Waals surface area (Å²) in [5.74, 6) is 0.771. The molecule has 17 rings (SSSR count). The van der Waals surface area contributed by atoms with E-state index >= 15 is 0 Å². The van der Waals surface area contributed by atoms with Crippen molar-refractivity contribution in [3.05, 3.63) is 98.8 Å². The van der Waals surface area contributed by atoms with Gasteiger partial charge < -0.3 is 14.4 Å². The predicted octanol–water partition coefficient (Wildman–Crippen LogP) is 12.4. The summed E-state index contributed by atoms with van der Waals surface area (Å²) in [6, 6.07) is 21.3. The van der Waals surface area contributed by atoms with Crippen LogP contribution in [0.4, 0.5) is 10.5 Å². The highest BCUT2D eigenvalue weighted by Crippen LogP contribution is 2.71. The molecule has 0 amide bonds. The van der Waals surface area contributed by atoms with E-state index in [1.54, 1.807) is 120 Å². The molecule has 274 valence electrons. The van der Waals surface area contributed by atoms with Gasteiger partial charge in [0.25, 0.3) is 0 Å². The van der Waals surface area contributed by atoms with Gasteiger partial charge in [-0.15, -0.1) is 0 Å². The Labute approximate surface area is 331 Å². The van der Waals surface area contributed by atoms with E-state index in [0.29, 0.717) is 5.75 Å². The maximum atomic E-state index is 12.6. The summed E-state index contributed by atoms with van der Waals surface area (Å²) in [5.41, 5.74) is 11.4. The van der Waals surface area contributed by atoms with Gasteiger partial charge in [-0.05, 0) is 242 Å². The number of carbonyl (C=O) groups is 1. The minimum atomic E-state index is -0.676. The first-order valence-electron chi connectivity index (χ1n) is 21.4. The van der Waals surface area contributed by atoms with E-state index in [4.69, 9.17) is 9.47 Å². The molecule has 3 unspecified atom stereocenters. The Morgan fingerprint density at radius 2 is 1.19 bits per heavy atom. The van der Waals surface area contributed by atoms with Crippen LogP contribution >= 0.6 is 0 Å². The van der Waals surface area contributed by atoms with Crippen LogP contribution in [-0.2, 0) is 24.0 Å². The highest BCUT2D eigenvalue weighted by Gasteiger charge is 2.56.